The molecule has 0 saturated carbocycles. The van der Waals surface area contributed by atoms with Crippen LogP contribution in [0.2, 0.25) is 0 Å². The van der Waals surface area contributed by atoms with Gasteiger partial charge in [-0.05, 0) is 27.2 Å². The van der Waals surface area contributed by atoms with E-state index in [0.29, 0.717) is 0 Å². The van der Waals surface area contributed by atoms with E-state index >= 15 is 0 Å². The quantitative estimate of drug-likeness (QED) is 0.769. The molecule has 6 nitrogen and oxygen atoms in total. The predicted molar refractivity (Wildman–Crippen MR) is 67.2 cm³/mol. The third-order valence-electron chi connectivity index (χ3n) is 2.85. The normalized spacial score (nSPS) is 26.6. The molecule has 6 heteroatoms. The number of amides is 1. The van der Waals surface area contributed by atoms with Crippen molar-refractivity contribution in [2.24, 2.45) is 5.92 Å². The standard InChI is InChI=1S/C13H18N2O4/c1-5-8-6-9(7-14)15(10(8)11(16)17)12(18)19-13(2,3)4/h5,8-10H,1,6H2,2-4H3,(H,16,17)/t8-,9+,10-/m1/s1. The molecule has 0 aromatic heterocycles. The summed E-state index contributed by atoms with van der Waals surface area (Å²) >= 11 is 0. The molecule has 19 heavy (non-hydrogen) atoms. The number of likely N-dealkylation sites (tertiary alicyclic amines) is 1. The maximum Gasteiger partial charge on any atom is 0.412 e. The van der Waals surface area contributed by atoms with Crippen LogP contribution in [-0.2, 0) is 9.53 Å². The van der Waals surface area contributed by atoms with Crippen LogP contribution in [-0.4, -0.2) is 39.8 Å². The maximum atomic E-state index is 12.1. The van der Waals surface area contributed by atoms with Gasteiger partial charge in [0.25, 0.3) is 0 Å². The molecule has 104 valence electrons. The van der Waals surface area contributed by atoms with Gasteiger partial charge < -0.3 is 9.84 Å². The van der Waals surface area contributed by atoms with E-state index in [1.165, 1.54) is 6.08 Å². The maximum absolute atomic E-state index is 12.1. The Bertz CT molecular complexity index is 433. The summed E-state index contributed by atoms with van der Waals surface area (Å²) in [5.41, 5.74) is -0.744. The smallest absolute Gasteiger partial charge is 0.412 e. The van der Waals surface area contributed by atoms with Gasteiger partial charge in [0.2, 0.25) is 0 Å². The summed E-state index contributed by atoms with van der Waals surface area (Å²) in [6.07, 6.45) is 0.944. The van der Waals surface area contributed by atoms with E-state index in [0.717, 1.165) is 4.90 Å². The summed E-state index contributed by atoms with van der Waals surface area (Å²) in [6, 6.07) is 0.0373. The Balaban J connectivity index is 3.05. The fraction of sp³-hybridized carbons (Fsp3) is 0.615. The van der Waals surface area contributed by atoms with Crippen LogP contribution in [0.4, 0.5) is 4.79 Å². The van der Waals surface area contributed by atoms with Crippen molar-refractivity contribution in [1.29, 1.82) is 5.26 Å². The van der Waals surface area contributed by atoms with Gasteiger partial charge in [0.05, 0.1) is 6.07 Å². The molecule has 0 bridgehead atoms. The van der Waals surface area contributed by atoms with Crippen LogP contribution in [0, 0.1) is 17.2 Å². The number of carboxylic acid groups (broad SMARTS) is 1. The molecule has 0 spiro atoms. The number of carbonyl (C=O) groups excluding carboxylic acids is 1. The molecule has 1 amide bonds. The first-order chi connectivity index (χ1) is 8.71. The number of ether oxygens (including phenoxy) is 1. The minimum absolute atomic E-state index is 0.260. The van der Waals surface area contributed by atoms with Crippen LogP contribution >= 0.6 is 0 Å². The van der Waals surface area contributed by atoms with E-state index in [9.17, 15) is 14.7 Å². The Morgan fingerprint density at radius 3 is 2.47 bits per heavy atom. The van der Waals surface area contributed by atoms with Crippen LogP contribution in [0.3, 0.4) is 0 Å². The third-order valence-corrected chi connectivity index (χ3v) is 2.85. The zero-order chi connectivity index (χ0) is 14.8. The molecule has 0 unspecified atom stereocenters. The molecule has 1 heterocycles. The molecule has 1 rings (SSSR count). The summed E-state index contributed by atoms with van der Waals surface area (Å²) in [7, 11) is 0. The number of nitrogens with zero attached hydrogens (tertiary/aromatic N) is 2. The van der Waals surface area contributed by atoms with Crippen LogP contribution < -0.4 is 0 Å². The molecule has 1 saturated heterocycles. The van der Waals surface area contributed by atoms with Gasteiger partial charge in [-0.3, -0.25) is 4.90 Å². The van der Waals surface area contributed by atoms with E-state index in [4.69, 9.17) is 10.00 Å². The van der Waals surface area contributed by atoms with Gasteiger partial charge in [0.1, 0.15) is 17.7 Å². The molecule has 1 aliphatic heterocycles. The highest BCUT2D eigenvalue weighted by Crippen LogP contribution is 2.32. The lowest BCUT2D eigenvalue weighted by Crippen LogP contribution is -2.48. The highest BCUT2D eigenvalue weighted by Gasteiger charge is 2.48. The number of nitriles is 1. The number of rotatable bonds is 2. The summed E-state index contributed by atoms with van der Waals surface area (Å²) in [6.45, 7) is 8.61. The second-order valence-electron chi connectivity index (χ2n) is 5.45. The number of hydrogen-bond donors (Lipinski definition) is 1. The van der Waals surface area contributed by atoms with E-state index in [-0.39, 0.29) is 6.42 Å². The van der Waals surface area contributed by atoms with E-state index in [1.807, 2.05) is 6.07 Å². The van der Waals surface area contributed by atoms with Crippen molar-refractivity contribution >= 4 is 12.1 Å². The number of hydrogen-bond acceptors (Lipinski definition) is 4. The third kappa shape index (κ3) is 3.25. The first kappa shape index (κ1) is 15.0. The van der Waals surface area contributed by atoms with Crippen LogP contribution in [0.5, 0.6) is 0 Å². The van der Waals surface area contributed by atoms with Crippen molar-refractivity contribution in [3.63, 3.8) is 0 Å². The topological polar surface area (TPSA) is 90.6 Å². The van der Waals surface area contributed by atoms with Crippen molar-refractivity contribution in [2.75, 3.05) is 0 Å². The summed E-state index contributed by atoms with van der Waals surface area (Å²) < 4.78 is 5.17. The Labute approximate surface area is 112 Å². The molecule has 1 aliphatic rings. The molecule has 0 aliphatic carbocycles. The molecular weight excluding hydrogens is 248 g/mol. The molecule has 0 aromatic rings. The highest BCUT2D eigenvalue weighted by atomic mass is 16.6. The van der Waals surface area contributed by atoms with Gasteiger partial charge in [-0.1, -0.05) is 6.08 Å². The van der Waals surface area contributed by atoms with Gasteiger partial charge >= 0.3 is 12.1 Å². The van der Waals surface area contributed by atoms with Crippen molar-refractivity contribution in [2.45, 2.75) is 44.9 Å². The van der Waals surface area contributed by atoms with Gasteiger partial charge in [-0.2, -0.15) is 5.26 Å². The average Bonchev–Trinajstić information content (AvgIpc) is 2.65. The largest absolute Gasteiger partial charge is 0.480 e. The Hall–Kier alpha value is -2.03. The predicted octanol–water partition coefficient (Wildman–Crippen LogP) is 1.77. The fourth-order valence-corrected chi connectivity index (χ4v) is 2.10. The zero-order valence-electron chi connectivity index (χ0n) is 11.3. The summed E-state index contributed by atoms with van der Waals surface area (Å²) in [5, 5.41) is 18.3. The van der Waals surface area contributed by atoms with Gasteiger partial charge in [0, 0.05) is 5.92 Å². The molecule has 3 atom stereocenters. The Morgan fingerprint density at radius 1 is 1.53 bits per heavy atom. The number of carboxylic acids is 1. The van der Waals surface area contributed by atoms with Crippen LogP contribution in [0.25, 0.3) is 0 Å². The van der Waals surface area contributed by atoms with Crippen molar-refractivity contribution < 1.29 is 19.4 Å². The SMILES string of the molecule is C=C[C@@H]1C[C@@H](C#N)N(C(=O)OC(C)(C)C)[C@H]1C(=O)O. The molecule has 1 N–H and O–H groups in total. The monoisotopic (exact) mass is 266 g/mol. The second kappa shape index (κ2) is 5.31. The lowest BCUT2D eigenvalue weighted by Gasteiger charge is -2.29. The van der Waals surface area contributed by atoms with Gasteiger partial charge in [-0.15, -0.1) is 6.58 Å². The molecule has 0 aromatic carbocycles. The van der Waals surface area contributed by atoms with E-state index < -0.39 is 35.7 Å². The average molecular weight is 266 g/mol. The lowest BCUT2D eigenvalue weighted by atomic mass is 10.00. The molecule has 1 fully saturated rings. The first-order valence-corrected chi connectivity index (χ1v) is 5.97. The zero-order valence-corrected chi connectivity index (χ0v) is 11.3. The number of carbonyl (C=O) groups is 2. The van der Waals surface area contributed by atoms with Crippen molar-refractivity contribution in [3.8, 4) is 6.07 Å². The summed E-state index contributed by atoms with van der Waals surface area (Å²) in [4.78, 5) is 24.4. The van der Waals surface area contributed by atoms with Crippen LogP contribution in [0.1, 0.15) is 27.2 Å². The summed E-state index contributed by atoms with van der Waals surface area (Å²) in [5.74, 6) is -1.61. The van der Waals surface area contributed by atoms with Crippen LogP contribution in [0.15, 0.2) is 12.7 Å². The highest BCUT2D eigenvalue weighted by molar-refractivity contribution is 5.82. The minimum atomic E-state index is -1.16. The number of aliphatic carboxylic acids is 1. The fourth-order valence-electron chi connectivity index (χ4n) is 2.10. The minimum Gasteiger partial charge on any atom is -0.480 e. The van der Waals surface area contributed by atoms with Gasteiger partial charge in [-0.25, -0.2) is 9.59 Å². The van der Waals surface area contributed by atoms with E-state index in [1.54, 1.807) is 20.8 Å². The second-order valence-corrected chi connectivity index (χ2v) is 5.45. The lowest BCUT2D eigenvalue weighted by molar-refractivity contribution is -0.143. The molecular formula is C13H18N2O4. The first-order valence-electron chi connectivity index (χ1n) is 5.97. The van der Waals surface area contributed by atoms with E-state index in [2.05, 4.69) is 6.58 Å². The molecule has 0 radical (unpaired) electrons. The van der Waals surface area contributed by atoms with Gasteiger partial charge in [0.15, 0.2) is 0 Å². The Kier molecular flexibility index (Phi) is 4.20. The van der Waals surface area contributed by atoms with Crippen molar-refractivity contribution in [3.05, 3.63) is 12.7 Å². The Morgan fingerprint density at radius 2 is 2.11 bits per heavy atom. The van der Waals surface area contributed by atoms with Crippen molar-refractivity contribution in [1.82, 2.24) is 4.90 Å².